The molecule has 0 saturated carbocycles. The molecule has 16 heavy (non-hydrogen) atoms. The zero-order valence-corrected chi connectivity index (χ0v) is 11.0. The Labute approximate surface area is 102 Å². The van der Waals surface area contributed by atoms with Gasteiger partial charge in [-0.05, 0) is 22.0 Å². The van der Waals surface area contributed by atoms with Crippen LogP contribution < -0.4 is 11.3 Å². The van der Waals surface area contributed by atoms with Gasteiger partial charge in [0.25, 0.3) is 0 Å². The van der Waals surface area contributed by atoms with Crippen LogP contribution >= 0.6 is 15.9 Å². The molecule has 3 N–H and O–H groups in total. The average Bonchev–Trinajstić information content (AvgIpc) is 2.18. The molecule has 0 aliphatic carbocycles. The summed E-state index contributed by atoms with van der Waals surface area (Å²) in [6.07, 6.45) is 1.08. The second-order valence-electron chi connectivity index (χ2n) is 3.45. The van der Waals surface area contributed by atoms with Crippen LogP contribution in [-0.2, 0) is 9.84 Å². The molecule has 1 rings (SSSR count). The van der Waals surface area contributed by atoms with Crippen molar-refractivity contribution in [3.05, 3.63) is 34.1 Å². The van der Waals surface area contributed by atoms with Crippen LogP contribution in [0.25, 0.3) is 0 Å². The molecule has 1 aromatic carbocycles. The van der Waals surface area contributed by atoms with Crippen molar-refractivity contribution in [3.63, 3.8) is 0 Å². The molecule has 0 spiro atoms. The molecule has 0 aliphatic rings. The van der Waals surface area contributed by atoms with E-state index >= 15 is 0 Å². The van der Waals surface area contributed by atoms with E-state index in [1.807, 2.05) is 0 Å². The Morgan fingerprint density at radius 3 is 2.69 bits per heavy atom. The minimum Gasteiger partial charge on any atom is -0.271 e. The molecular formula is C9H12BrFN2O2S. The van der Waals surface area contributed by atoms with Crippen molar-refractivity contribution in [3.8, 4) is 0 Å². The summed E-state index contributed by atoms with van der Waals surface area (Å²) in [5.41, 5.74) is 2.53. The summed E-state index contributed by atoms with van der Waals surface area (Å²) in [7, 11) is -3.24. The van der Waals surface area contributed by atoms with Gasteiger partial charge in [-0.15, -0.1) is 0 Å². The van der Waals surface area contributed by atoms with Crippen LogP contribution in [0.15, 0.2) is 22.7 Å². The summed E-state index contributed by atoms with van der Waals surface area (Å²) in [4.78, 5) is 0. The van der Waals surface area contributed by atoms with E-state index in [0.29, 0.717) is 0 Å². The van der Waals surface area contributed by atoms with Crippen LogP contribution in [0.3, 0.4) is 0 Å². The minimum absolute atomic E-state index is 0.224. The van der Waals surface area contributed by atoms with E-state index in [1.54, 1.807) is 6.07 Å². The Morgan fingerprint density at radius 1 is 1.56 bits per heavy atom. The lowest BCUT2D eigenvalue weighted by Gasteiger charge is -2.16. The maximum atomic E-state index is 13.7. The van der Waals surface area contributed by atoms with E-state index in [0.717, 1.165) is 6.26 Å². The number of hydrogen-bond donors (Lipinski definition) is 2. The van der Waals surface area contributed by atoms with E-state index < -0.39 is 21.7 Å². The zero-order chi connectivity index (χ0) is 12.3. The molecule has 1 atom stereocenters. The van der Waals surface area contributed by atoms with Gasteiger partial charge in [0, 0.05) is 11.8 Å². The van der Waals surface area contributed by atoms with Gasteiger partial charge in [-0.1, -0.05) is 12.1 Å². The lowest BCUT2D eigenvalue weighted by Crippen LogP contribution is -2.33. The van der Waals surface area contributed by atoms with Gasteiger partial charge in [0.05, 0.1) is 16.3 Å². The second-order valence-corrected chi connectivity index (χ2v) is 6.49. The van der Waals surface area contributed by atoms with Crippen molar-refractivity contribution in [2.75, 3.05) is 12.0 Å². The molecule has 0 saturated heterocycles. The number of nitrogens with one attached hydrogen (secondary N) is 1. The average molecular weight is 311 g/mol. The van der Waals surface area contributed by atoms with E-state index in [1.165, 1.54) is 12.1 Å². The summed E-state index contributed by atoms with van der Waals surface area (Å²) in [5, 5.41) is 0. The smallest absolute Gasteiger partial charge is 0.149 e. The fourth-order valence-corrected chi connectivity index (χ4v) is 2.58. The third-order valence-electron chi connectivity index (χ3n) is 2.03. The van der Waals surface area contributed by atoms with Crippen molar-refractivity contribution in [2.45, 2.75) is 6.04 Å². The van der Waals surface area contributed by atoms with Gasteiger partial charge in [-0.3, -0.25) is 11.3 Å². The zero-order valence-electron chi connectivity index (χ0n) is 8.57. The Bertz CT molecular complexity index is 478. The quantitative estimate of drug-likeness (QED) is 0.646. The van der Waals surface area contributed by atoms with Gasteiger partial charge >= 0.3 is 0 Å². The van der Waals surface area contributed by atoms with E-state index in [-0.39, 0.29) is 15.8 Å². The van der Waals surface area contributed by atoms with Crippen LogP contribution in [0.1, 0.15) is 11.6 Å². The van der Waals surface area contributed by atoms with Crippen molar-refractivity contribution < 1.29 is 12.8 Å². The van der Waals surface area contributed by atoms with Gasteiger partial charge in [-0.2, -0.15) is 0 Å². The fraction of sp³-hybridized carbons (Fsp3) is 0.333. The Morgan fingerprint density at radius 2 is 2.19 bits per heavy atom. The van der Waals surface area contributed by atoms with Crippen LogP contribution in [0, 0.1) is 5.82 Å². The van der Waals surface area contributed by atoms with Crippen LogP contribution in [0.2, 0.25) is 0 Å². The first-order chi connectivity index (χ1) is 7.35. The SMILES string of the molecule is CS(=O)(=O)CC(NN)c1cccc(Br)c1F. The molecule has 0 aliphatic heterocycles. The highest BCUT2D eigenvalue weighted by atomic mass is 79.9. The number of sulfone groups is 1. The van der Waals surface area contributed by atoms with Gasteiger partial charge in [0.15, 0.2) is 0 Å². The summed E-state index contributed by atoms with van der Waals surface area (Å²) < 4.78 is 36.2. The number of halogens is 2. The molecule has 1 unspecified atom stereocenters. The highest BCUT2D eigenvalue weighted by Gasteiger charge is 2.20. The molecule has 1 aromatic rings. The van der Waals surface area contributed by atoms with Crippen molar-refractivity contribution in [1.29, 1.82) is 0 Å². The van der Waals surface area contributed by atoms with Gasteiger partial charge in [0.1, 0.15) is 15.7 Å². The molecule has 7 heteroatoms. The molecular weight excluding hydrogens is 299 g/mol. The number of benzene rings is 1. The summed E-state index contributed by atoms with van der Waals surface area (Å²) in [6.45, 7) is 0. The van der Waals surface area contributed by atoms with Gasteiger partial charge < -0.3 is 0 Å². The number of hydrogen-bond acceptors (Lipinski definition) is 4. The Balaban J connectivity index is 3.09. The summed E-state index contributed by atoms with van der Waals surface area (Å²) >= 11 is 3.03. The third kappa shape index (κ3) is 3.51. The fourth-order valence-electron chi connectivity index (χ4n) is 1.32. The lowest BCUT2D eigenvalue weighted by molar-refractivity contribution is 0.529. The van der Waals surface area contributed by atoms with Crippen molar-refractivity contribution >= 4 is 25.8 Å². The maximum absolute atomic E-state index is 13.7. The molecule has 4 nitrogen and oxygen atoms in total. The second kappa shape index (κ2) is 5.22. The maximum Gasteiger partial charge on any atom is 0.149 e. The van der Waals surface area contributed by atoms with Crippen molar-refractivity contribution in [1.82, 2.24) is 5.43 Å². The van der Waals surface area contributed by atoms with E-state index in [2.05, 4.69) is 21.4 Å². The Kier molecular flexibility index (Phi) is 4.43. The molecule has 0 fully saturated rings. The molecule has 0 aromatic heterocycles. The molecule has 0 amide bonds. The highest BCUT2D eigenvalue weighted by molar-refractivity contribution is 9.10. The van der Waals surface area contributed by atoms with E-state index in [4.69, 9.17) is 5.84 Å². The van der Waals surface area contributed by atoms with Gasteiger partial charge in [0.2, 0.25) is 0 Å². The summed E-state index contributed by atoms with van der Waals surface area (Å²) in [5.74, 6) is 4.48. The number of rotatable bonds is 4. The topological polar surface area (TPSA) is 72.2 Å². The molecule has 0 bridgehead atoms. The molecule has 90 valence electrons. The monoisotopic (exact) mass is 310 g/mol. The first kappa shape index (κ1) is 13.6. The first-order valence-electron chi connectivity index (χ1n) is 4.43. The first-order valence-corrected chi connectivity index (χ1v) is 7.28. The Hall–Kier alpha value is -0.500. The predicted octanol–water partition coefficient (Wildman–Crippen LogP) is 1.14. The van der Waals surface area contributed by atoms with Crippen molar-refractivity contribution in [2.24, 2.45) is 5.84 Å². The number of nitrogens with two attached hydrogens (primary N) is 1. The highest BCUT2D eigenvalue weighted by Crippen LogP contribution is 2.24. The van der Waals surface area contributed by atoms with E-state index in [9.17, 15) is 12.8 Å². The largest absolute Gasteiger partial charge is 0.271 e. The standard InChI is InChI=1S/C9H12BrFN2O2S/c1-16(14,15)5-8(13-12)6-3-2-4-7(10)9(6)11/h2-4,8,13H,5,12H2,1H3. The predicted molar refractivity (Wildman–Crippen MR) is 63.9 cm³/mol. The normalized spacial score (nSPS) is 13.8. The van der Waals surface area contributed by atoms with Crippen LogP contribution in [-0.4, -0.2) is 20.4 Å². The minimum atomic E-state index is -3.24. The summed E-state index contributed by atoms with van der Waals surface area (Å²) in [6, 6.07) is 3.89. The molecule has 0 heterocycles. The van der Waals surface area contributed by atoms with Crippen LogP contribution in [0.5, 0.6) is 0 Å². The molecule has 0 radical (unpaired) electrons. The third-order valence-corrected chi connectivity index (χ3v) is 3.58. The van der Waals surface area contributed by atoms with Gasteiger partial charge in [-0.25, -0.2) is 12.8 Å². The van der Waals surface area contributed by atoms with Crippen LogP contribution in [0.4, 0.5) is 4.39 Å². The number of hydrazine groups is 1. The lowest BCUT2D eigenvalue weighted by atomic mass is 10.1.